The molecule has 17 heteroatoms. The maximum atomic E-state index is 6.27. The predicted molar refractivity (Wildman–Crippen MR) is 240 cm³/mol. The molecule has 0 bridgehead atoms. The molecule has 0 unspecified atom stereocenters. The van der Waals surface area contributed by atoms with Crippen LogP contribution in [-0.2, 0) is 0 Å². The molecule has 1 aromatic rings. The van der Waals surface area contributed by atoms with E-state index in [4.69, 9.17) is 4.42 Å². The highest BCUT2D eigenvalue weighted by molar-refractivity contribution is 8.51. The highest BCUT2D eigenvalue weighted by atomic mass is 32.3. The van der Waals surface area contributed by atoms with E-state index in [9.17, 15) is 0 Å². The van der Waals surface area contributed by atoms with E-state index < -0.39 is 0 Å². The van der Waals surface area contributed by atoms with Gasteiger partial charge in [-0.15, -0.1) is 47.0 Å². The van der Waals surface area contributed by atoms with Gasteiger partial charge in [-0.05, 0) is 35.1 Å². The minimum absolute atomic E-state index is 0.925. The Labute approximate surface area is 333 Å². The van der Waals surface area contributed by atoms with Crippen LogP contribution in [0.5, 0.6) is 0 Å². The number of thioether (sulfide) groups is 16. The molecule has 0 saturated heterocycles. The largest absolute Gasteiger partial charge is 0.457 e. The van der Waals surface area contributed by atoms with Crippen molar-refractivity contribution in [2.45, 2.75) is 27.7 Å². The van der Waals surface area contributed by atoms with Crippen molar-refractivity contribution in [2.24, 2.45) is 0 Å². The standard InChI is InChI=1S/C28H24OS16/c1-5-30-17-18(31-6-2)39-25(38-17)27-42-21-22(43-27)35-15(34-21)11-13-9-10-14(29-13)12-16-36-23-24(37-16)45-28(44-23)26-40-19(32-7-3)20(41-26)33-8-4/h9-12H,5-8H2,1-4H3. The molecule has 0 aliphatic carbocycles. The molecule has 1 aromatic heterocycles. The van der Waals surface area contributed by atoms with Crippen LogP contribution in [0.2, 0.25) is 0 Å². The van der Waals surface area contributed by atoms with E-state index >= 15 is 0 Å². The lowest BCUT2D eigenvalue weighted by Gasteiger charge is -2.05. The molecule has 0 fully saturated rings. The molecule has 0 N–H and O–H groups in total. The number of rotatable bonds is 10. The molecule has 45 heavy (non-hydrogen) atoms. The molecule has 6 aliphatic rings. The molecule has 0 saturated carbocycles. The summed E-state index contributed by atoms with van der Waals surface area (Å²) in [6.45, 7) is 8.98. The first-order valence-electron chi connectivity index (χ1n) is 13.7. The van der Waals surface area contributed by atoms with Gasteiger partial charge in [0.05, 0.1) is 59.3 Å². The number of hydrogen-bond acceptors (Lipinski definition) is 17. The van der Waals surface area contributed by atoms with E-state index in [-0.39, 0.29) is 0 Å². The summed E-state index contributed by atoms with van der Waals surface area (Å²) < 4.78 is 26.3. The van der Waals surface area contributed by atoms with Crippen LogP contribution in [-0.4, -0.2) is 23.0 Å². The van der Waals surface area contributed by atoms with Gasteiger partial charge >= 0.3 is 0 Å². The molecule has 6 aliphatic heterocycles. The van der Waals surface area contributed by atoms with Gasteiger partial charge < -0.3 is 4.42 Å². The Morgan fingerprint density at radius 1 is 0.422 bits per heavy atom. The van der Waals surface area contributed by atoms with Gasteiger partial charge in [-0.1, -0.05) is 169 Å². The summed E-state index contributed by atoms with van der Waals surface area (Å²) in [7, 11) is 0. The van der Waals surface area contributed by atoms with Gasteiger partial charge in [0.1, 0.15) is 11.5 Å². The van der Waals surface area contributed by atoms with E-state index in [2.05, 4.69) is 52.0 Å². The first kappa shape index (κ1) is 36.2. The Kier molecular flexibility index (Phi) is 13.7. The van der Waals surface area contributed by atoms with Crippen molar-refractivity contribution in [1.29, 1.82) is 0 Å². The van der Waals surface area contributed by atoms with Gasteiger partial charge in [0.2, 0.25) is 0 Å². The molecule has 0 atom stereocenters. The zero-order valence-electron chi connectivity index (χ0n) is 24.1. The summed E-state index contributed by atoms with van der Waals surface area (Å²) in [4.78, 5) is 0. The Bertz CT molecular complexity index is 1450. The minimum Gasteiger partial charge on any atom is -0.457 e. The Morgan fingerprint density at radius 2 is 0.689 bits per heavy atom. The van der Waals surface area contributed by atoms with E-state index in [1.165, 1.54) is 59.3 Å². The first-order chi connectivity index (χ1) is 22.0. The van der Waals surface area contributed by atoms with Crippen LogP contribution in [0.25, 0.3) is 12.2 Å². The molecule has 0 amide bonds. The lowest BCUT2D eigenvalue weighted by atomic mass is 10.4. The molecule has 7 rings (SSSR count). The third-order valence-corrected chi connectivity index (χ3v) is 28.1. The van der Waals surface area contributed by atoms with Gasteiger partial charge in [-0.3, -0.25) is 0 Å². The molecule has 1 nitrogen and oxygen atoms in total. The zero-order chi connectivity index (χ0) is 30.9. The Morgan fingerprint density at radius 3 is 0.978 bits per heavy atom. The third kappa shape index (κ3) is 8.72. The highest BCUT2D eigenvalue weighted by Crippen LogP contribution is 2.72. The molecule has 0 aromatic carbocycles. The molecular formula is C28H24OS16. The van der Waals surface area contributed by atoms with E-state index in [1.54, 1.807) is 0 Å². The summed E-state index contributed by atoms with van der Waals surface area (Å²) >= 11 is 31.2. The topological polar surface area (TPSA) is 13.1 Å². The van der Waals surface area contributed by atoms with Crippen LogP contribution in [0.1, 0.15) is 39.2 Å². The zero-order valence-corrected chi connectivity index (χ0v) is 37.1. The van der Waals surface area contributed by atoms with Gasteiger partial charge in [0, 0.05) is 12.2 Å². The second-order valence-corrected chi connectivity index (χ2v) is 29.7. The van der Waals surface area contributed by atoms with Crippen LogP contribution in [0.4, 0.5) is 0 Å². The fourth-order valence-electron chi connectivity index (χ4n) is 3.83. The molecule has 0 spiro atoms. The van der Waals surface area contributed by atoms with Crippen molar-refractivity contribution in [3.8, 4) is 0 Å². The summed E-state index contributed by atoms with van der Waals surface area (Å²) in [5.41, 5.74) is 0. The summed E-state index contributed by atoms with van der Waals surface area (Å²) in [6, 6.07) is 4.21. The van der Waals surface area contributed by atoms with Crippen molar-refractivity contribution in [3.63, 3.8) is 0 Å². The fraction of sp³-hybridized carbons (Fsp3) is 0.286. The monoisotopic (exact) mass is 888 g/mol. The van der Waals surface area contributed by atoms with Crippen LogP contribution >= 0.6 is 188 Å². The SMILES string of the molecule is CCSC1=C(SCC)SC(=C2SC3=C(SC(=Cc4ccc(C=C5SC6=C(S5)SC(=C5SC(SCC)=C(SCC)S5)S6)o4)S3)S2)S1. The lowest BCUT2D eigenvalue weighted by molar-refractivity contribution is 0.547. The van der Waals surface area contributed by atoms with Gasteiger partial charge in [-0.2, -0.15) is 0 Å². The van der Waals surface area contributed by atoms with Crippen molar-refractivity contribution in [2.75, 3.05) is 23.0 Å². The normalized spacial score (nSPS) is 21.7. The molecular weight excluding hydrogens is 865 g/mol. The van der Waals surface area contributed by atoms with Crippen LogP contribution in [0, 0.1) is 0 Å². The fourth-order valence-corrected chi connectivity index (χ4v) is 28.2. The maximum absolute atomic E-state index is 6.27. The minimum atomic E-state index is 0.925. The van der Waals surface area contributed by atoms with Crippen molar-refractivity contribution in [3.05, 3.63) is 83.0 Å². The quantitative estimate of drug-likeness (QED) is 0.221. The second-order valence-electron chi connectivity index (χ2n) is 8.57. The molecule has 0 radical (unpaired) electrons. The summed E-state index contributed by atoms with van der Waals surface area (Å²) in [6.07, 6.45) is 4.41. The second kappa shape index (κ2) is 17.1. The van der Waals surface area contributed by atoms with Crippen LogP contribution in [0.3, 0.4) is 0 Å². The molecule has 7 heterocycles. The predicted octanol–water partition coefficient (Wildman–Crippen LogP) is 16.5. The van der Waals surface area contributed by atoms with E-state index in [1.807, 2.05) is 188 Å². The summed E-state index contributed by atoms with van der Waals surface area (Å²) in [5, 5.41) is 0. The Hall–Kier alpha value is 2.80. The lowest BCUT2D eigenvalue weighted by Crippen LogP contribution is -1.72. The number of furan rings is 1. The van der Waals surface area contributed by atoms with E-state index in [0.717, 1.165) is 34.5 Å². The average Bonchev–Trinajstić information content (AvgIpc) is 3.84. The van der Waals surface area contributed by atoms with Gasteiger partial charge in [-0.25, -0.2) is 0 Å². The average molecular weight is 890 g/mol. The first-order valence-corrected chi connectivity index (χ1v) is 27.4. The molecule has 238 valence electrons. The maximum Gasteiger partial charge on any atom is 0.129 e. The van der Waals surface area contributed by atoms with Crippen LogP contribution in [0.15, 0.2) is 75.9 Å². The van der Waals surface area contributed by atoms with Gasteiger partial charge in [0.15, 0.2) is 0 Å². The van der Waals surface area contributed by atoms with Crippen LogP contribution < -0.4 is 0 Å². The van der Waals surface area contributed by atoms with Gasteiger partial charge in [0.25, 0.3) is 0 Å². The third-order valence-electron chi connectivity index (χ3n) is 5.53. The van der Waals surface area contributed by atoms with Crippen molar-refractivity contribution < 1.29 is 4.42 Å². The number of hydrogen-bond donors (Lipinski definition) is 0. The Balaban J connectivity index is 0.924. The highest BCUT2D eigenvalue weighted by Gasteiger charge is 2.36. The summed E-state index contributed by atoms with van der Waals surface area (Å²) in [5.74, 6) is 6.36. The van der Waals surface area contributed by atoms with E-state index in [0.29, 0.717) is 0 Å². The van der Waals surface area contributed by atoms with Crippen molar-refractivity contribution in [1.82, 2.24) is 0 Å². The van der Waals surface area contributed by atoms with Crippen molar-refractivity contribution >= 4 is 200 Å². The smallest absolute Gasteiger partial charge is 0.129 e.